The Hall–Kier alpha value is -2.64. The van der Waals surface area contributed by atoms with Gasteiger partial charge in [0.1, 0.15) is 0 Å². The third kappa shape index (κ3) is 2.26. The molecule has 2 aromatic carbocycles. The Morgan fingerprint density at radius 1 is 0.955 bits per heavy atom. The van der Waals surface area contributed by atoms with Gasteiger partial charge < -0.3 is 5.73 Å². The van der Waals surface area contributed by atoms with E-state index in [9.17, 15) is 22.0 Å². The molecule has 3 aromatic rings. The number of halogens is 5. The summed E-state index contributed by atoms with van der Waals surface area (Å²) in [6.07, 6.45) is -4.54. The Morgan fingerprint density at radius 2 is 1.68 bits per heavy atom. The monoisotopic (exact) mass is 313 g/mol. The molecule has 0 saturated carbocycles. The van der Waals surface area contributed by atoms with Crippen LogP contribution in [0.4, 0.5) is 27.9 Å². The Bertz CT molecular complexity index is 867. The minimum atomic E-state index is -4.54. The average Bonchev–Trinajstić information content (AvgIpc) is 2.76. The second-order valence-corrected chi connectivity index (χ2v) is 4.61. The number of benzene rings is 2. The molecule has 1 heterocycles. The molecule has 0 unspecified atom stereocenters. The number of anilines is 1. The van der Waals surface area contributed by atoms with E-state index in [-0.39, 0.29) is 22.7 Å². The summed E-state index contributed by atoms with van der Waals surface area (Å²) < 4.78 is 65.9. The first-order chi connectivity index (χ1) is 10.3. The fraction of sp³-hybridized carbons (Fsp3) is 0.0714. The van der Waals surface area contributed by atoms with E-state index in [1.807, 2.05) is 0 Å². The van der Waals surface area contributed by atoms with Crippen LogP contribution in [0.5, 0.6) is 0 Å². The molecule has 3 rings (SSSR count). The maximum Gasteiger partial charge on any atom is 0.416 e. The van der Waals surface area contributed by atoms with Gasteiger partial charge in [0, 0.05) is 6.07 Å². The first-order valence-corrected chi connectivity index (χ1v) is 6.08. The standard InChI is InChI=1S/C14H8F5N3/c15-9-3-2-8(6-10(9)16)22-12-5-7(14(17,18)19)1-4-11(12)21-13(22)20/h1-6H,(H2,20,21). The third-order valence-corrected chi connectivity index (χ3v) is 3.17. The number of nitrogens with two attached hydrogens (primary N) is 1. The molecule has 0 aliphatic heterocycles. The first-order valence-electron chi connectivity index (χ1n) is 6.08. The molecule has 0 bridgehead atoms. The van der Waals surface area contributed by atoms with Crippen LogP contribution >= 0.6 is 0 Å². The molecule has 22 heavy (non-hydrogen) atoms. The summed E-state index contributed by atoms with van der Waals surface area (Å²) in [5.41, 5.74) is 5.16. The van der Waals surface area contributed by atoms with Crippen molar-refractivity contribution >= 4 is 17.0 Å². The fourth-order valence-corrected chi connectivity index (χ4v) is 2.17. The lowest BCUT2D eigenvalue weighted by Gasteiger charge is -2.09. The smallest absolute Gasteiger partial charge is 0.369 e. The Labute approximate surface area is 120 Å². The number of aromatic nitrogens is 2. The van der Waals surface area contributed by atoms with Gasteiger partial charge in [0.05, 0.1) is 22.3 Å². The summed E-state index contributed by atoms with van der Waals surface area (Å²) in [4.78, 5) is 3.92. The Kier molecular flexibility index (Phi) is 3.05. The van der Waals surface area contributed by atoms with E-state index in [1.165, 1.54) is 12.1 Å². The van der Waals surface area contributed by atoms with Crippen molar-refractivity contribution in [3.05, 3.63) is 53.6 Å². The largest absolute Gasteiger partial charge is 0.416 e. The molecule has 0 saturated heterocycles. The van der Waals surface area contributed by atoms with Gasteiger partial charge in [-0.25, -0.2) is 13.8 Å². The summed E-state index contributed by atoms with van der Waals surface area (Å²) in [7, 11) is 0. The number of alkyl halides is 3. The molecule has 0 spiro atoms. The van der Waals surface area contributed by atoms with E-state index in [0.717, 1.165) is 28.8 Å². The van der Waals surface area contributed by atoms with Crippen LogP contribution < -0.4 is 5.73 Å². The lowest BCUT2D eigenvalue weighted by molar-refractivity contribution is -0.137. The fourth-order valence-electron chi connectivity index (χ4n) is 2.17. The topological polar surface area (TPSA) is 43.8 Å². The molecule has 0 aliphatic rings. The normalized spacial score (nSPS) is 12.0. The van der Waals surface area contributed by atoms with Gasteiger partial charge in [0.2, 0.25) is 5.95 Å². The number of fused-ring (bicyclic) bond motifs is 1. The maximum atomic E-state index is 13.3. The van der Waals surface area contributed by atoms with E-state index < -0.39 is 23.4 Å². The highest BCUT2D eigenvalue weighted by Crippen LogP contribution is 2.33. The summed E-state index contributed by atoms with van der Waals surface area (Å²) in [6.45, 7) is 0. The molecule has 0 radical (unpaired) electrons. The molecule has 2 N–H and O–H groups in total. The number of nitrogen functional groups attached to an aromatic ring is 1. The minimum absolute atomic E-state index is 0.0540. The van der Waals surface area contributed by atoms with E-state index in [2.05, 4.69) is 4.98 Å². The van der Waals surface area contributed by atoms with Crippen LogP contribution in [0.2, 0.25) is 0 Å². The predicted molar refractivity (Wildman–Crippen MR) is 70.4 cm³/mol. The number of nitrogens with zero attached hydrogens (tertiary/aromatic N) is 2. The summed E-state index contributed by atoms with van der Waals surface area (Å²) >= 11 is 0. The first kappa shape index (κ1) is 14.3. The van der Waals surface area contributed by atoms with Crippen molar-refractivity contribution in [1.82, 2.24) is 9.55 Å². The molecule has 0 fully saturated rings. The lowest BCUT2D eigenvalue weighted by atomic mass is 10.2. The molecule has 0 aliphatic carbocycles. The molecule has 1 aromatic heterocycles. The molecular formula is C14H8F5N3. The zero-order valence-electron chi connectivity index (χ0n) is 10.8. The molecule has 3 nitrogen and oxygen atoms in total. The van der Waals surface area contributed by atoms with Crippen LogP contribution in [0.3, 0.4) is 0 Å². The lowest BCUT2D eigenvalue weighted by Crippen LogP contribution is -2.05. The second-order valence-electron chi connectivity index (χ2n) is 4.61. The summed E-state index contributed by atoms with van der Waals surface area (Å²) in [6, 6.07) is 5.82. The van der Waals surface area contributed by atoms with Gasteiger partial charge in [-0.1, -0.05) is 0 Å². The van der Waals surface area contributed by atoms with Crippen molar-refractivity contribution in [2.75, 3.05) is 5.73 Å². The second kappa shape index (κ2) is 4.69. The minimum Gasteiger partial charge on any atom is -0.369 e. The number of imidazole rings is 1. The van der Waals surface area contributed by atoms with Gasteiger partial charge in [-0.3, -0.25) is 4.57 Å². The summed E-state index contributed by atoms with van der Waals surface area (Å²) in [5, 5.41) is 0. The average molecular weight is 313 g/mol. The van der Waals surface area contributed by atoms with E-state index in [0.29, 0.717) is 0 Å². The van der Waals surface area contributed by atoms with Gasteiger partial charge in [-0.15, -0.1) is 0 Å². The van der Waals surface area contributed by atoms with Crippen LogP contribution in [-0.2, 0) is 6.18 Å². The van der Waals surface area contributed by atoms with E-state index >= 15 is 0 Å². The van der Waals surface area contributed by atoms with Crippen molar-refractivity contribution in [3.63, 3.8) is 0 Å². The third-order valence-electron chi connectivity index (χ3n) is 3.17. The van der Waals surface area contributed by atoms with Crippen molar-refractivity contribution in [2.24, 2.45) is 0 Å². The molecule has 0 amide bonds. The van der Waals surface area contributed by atoms with Crippen molar-refractivity contribution < 1.29 is 22.0 Å². The highest BCUT2D eigenvalue weighted by molar-refractivity contribution is 5.81. The predicted octanol–water partition coefficient (Wildman–Crippen LogP) is 3.90. The quantitative estimate of drug-likeness (QED) is 0.692. The van der Waals surface area contributed by atoms with Crippen LogP contribution in [0, 0.1) is 11.6 Å². The number of hydrogen-bond acceptors (Lipinski definition) is 2. The highest BCUT2D eigenvalue weighted by atomic mass is 19.4. The van der Waals surface area contributed by atoms with Crippen LogP contribution in [0.1, 0.15) is 5.56 Å². The SMILES string of the molecule is Nc1nc2ccc(C(F)(F)F)cc2n1-c1ccc(F)c(F)c1. The van der Waals surface area contributed by atoms with Gasteiger partial charge in [-0.2, -0.15) is 13.2 Å². The Balaban J connectivity index is 2.28. The molecule has 114 valence electrons. The van der Waals surface area contributed by atoms with Gasteiger partial charge >= 0.3 is 6.18 Å². The van der Waals surface area contributed by atoms with Crippen molar-refractivity contribution in [3.8, 4) is 5.69 Å². The number of hydrogen-bond donors (Lipinski definition) is 1. The van der Waals surface area contributed by atoms with Gasteiger partial charge in [0.15, 0.2) is 11.6 Å². The highest BCUT2D eigenvalue weighted by Gasteiger charge is 2.31. The Morgan fingerprint density at radius 3 is 2.32 bits per heavy atom. The van der Waals surface area contributed by atoms with Crippen LogP contribution in [0.15, 0.2) is 36.4 Å². The summed E-state index contributed by atoms with van der Waals surface area (Å²) in [5.74, 6) is -2.33. The zero-order valence-corrected chi connectivity index (χ0v) is 10.8. The van der Waals surface area contributed by atoms with E-state index in [4.69, 9.17) is 5.73 Å². The molecular weight excluding hydrogens is 305 g/mol. The van der Waals surface area contributed by atoms with Crippen molar-refractivity contribution in [1.29, 1.82) is 0 Å². The van der Waals surface area contributed by atoms with E-state index in [1.54, 1.807) is 0 Å². The molecule has 0 atom stereocenters. The molecule has 8 heteroatoms. The zero-order chi connectivity index (χ0) is 16.1. The van der Waals surface area contributed by atoms with Crippen molar-refractivity contribution in [2.45, 2.75) is 6.18 Å². The maximum absolute atomic E-state index is 13.3. The van der Waals surface area contributed by atoms with Crippen LogP contribution in [-0.4, -0.2) is 9.55 Å². The number of rotatable bonds is 1. The van der Waals surface area contributed by atoms with Crippen LogP contribution in [0.25, 0.3) is 16.7 Å². The van der Waals surface area contributed by atoms with Gasteiger partial charge in [0.25, 0.3) is 0 Å². The van der Waals surface area contributed by atoms with Gasteiger partial charge in [-0.05, 0) is 30.3 Å².